The lowest BCUT2D eigenvalue weighted by atomic mass is 10.2. The number of aryl methyl sites for hydroxylation is 1. The summed E-state index contributed by atoms with van der Waals surface area (Å²) in [5.41, 5.74) is 1.05. The number of anilines is 1. The van der Waals surface area contributed by atoms with Crippen LogP contribution in [0, 0.1) is 6.92 Å². The SMILES string of the molecule is Cc1ccc(CC(C)Nc2nc3cc(Br)ccc3s2)s1. The Bertz CT molecular complexity index is 732. The molecular weight excluding hydrogens is 352 g/mol. The molecule has 0 radical (unpaired) electrons. The van der Waals surface area contributed by atoms with Crippen LogP contribution in [0.2, 0.25) is 0 Å². The molecule has 0 aliphatic rings. The van der Waals surface area contributed by atoms with Gasteiger partial charge in [-0.25, -0.2) is 4.98 Å². The van der Waals surface area contributed by atoms with Crippen molar-refractivity contribution < 1.29 is 0 Å². The number of aromatic nitrogens is 1. The quantitative estimate of drug-likeness (QED) is 0.661. The summed E-state index contributed by atoms with van der Waals surface area (Å²) >= 11 is 7.07. The van der Waals surface area contributed by atoms with Crippen molar-refractivity contribution in [3.05, 3.63) is 44.6 Å². The highest BCUT2D eigenvalue weighted by atomic mass is 79.9. The molecule has 0 fully saturated rings. The van der Waals surface area contributed by atoms with Gasteiger partial charge in [0.1, 0.15) is 0 Å². The zero-order valence-corrected chi connectivity index (χ0v) is 14.5. The van der Waals surface area contributed by atoms with Crippen LogP contribution in [-0.4, -0.2) is 11.0 Å². The summed E-state index contributed by atoms with van der Waals surface area (Å²) < 4.78 is 2.29. The van der Waals surface area contributed by atoms with Crippen LogP contribution in [0.25, 0.3) is 10.2 Å². The Morgan fingerprint density at radius 2 is 2.10 bits per heavy atom. The number of benzene rings is 1. The Hall–Kier alpha value is -0.910. The number of nitrogens with zero attached hydrogens (tertiary/aromatic N) is 1. The molecule has 3 aromatic rings. The van der Waals surface area contributed by atoms with Crippen molar-refractivity contribution in [1.82, 2.24) is 4.98 Å². The lowest BCUT2D eigenvalue weighted by Gasteiger charge is -2.11. The number of thiophene rings is 1. The smallest absolute Gasteiger partial charge is 0.184 e. The van der Waals surface area contributed by atoms with E-state index >= 15 is 0 Å². The van der Waals surface area contributed by atoms with Gasteiger partial charge in [-0.1, -0.05) is 27.3 Å². The molecule has 3 rings (SSSR count). The normalized spacial score (nSPS) is 12.8. The van der Waals surface area contributed by atoms with Crippen LogP contribution in [0.4, 0.5) is 5.13 Å². The van der Waals surface area contributed by atoms with E-state index in [-0.39, 0.29) is 0 Å². The van der Waals surface area contributed by atoms with Crippen LogP contribution >= 0.6 is 38.6 Å². The first-order valence-electron chi connectivity index (χ1n) is 6.48. The molecule has 0 aliphatic carbocycles. The van der Waals surface area contributed by atoms with Crippen molar-refractivity contribution in [2.45, 2.75) is 26.3 Å². The molecule has 5 heteroatoms. The van der Waals surface area contributed by atoms with E-state index in [0.29, 0.717) is 6.04 Å². The highest BCUT2D eigenvalue weighted by Crippen LogP contribution is 2.29. The van der Waals surface area contributed by atoms with Gasteiger partial charge in [-0.15, -0.1) is 11.3 Å². The average molecular weight is 367 g/mol. The molecule has 104 valence electrons. The van der Waals surface area contributed by atoms with E-state index < -0.39 is 0 Å². The molecule has 2 nitrogen and oxygen atoms in total. The lowest BCUT2D eigenvalue weighted by molar-refractivity contribution is 0.799. The molecule has 0 saturated heterocycles. The highest BCUT2D eigenvalue weighted by molar-refractivity contribution is 9.10. The maximum atomic E-state index is 4.64. The summed E-state index contributed by atoms with van der Waals surface area (Å²) in [6.45, 7) is 4.36. The summed E-state index contributed by atoms with van der Waals surface area (Å²) in [5.74, 6) is 0. The Kier molecular flexibility index (Phi) is 4.10. The average Bonchev–Trinajstić information content (AvgIpc) is 2.94. The molecular formula is C15H15BrN2S2. The second-order valence-electron chi connectivity index (χ2n) is 4.89. The van der Waals surface area contributed by atoms with Crippen molar-refractivity contribution in [3.8, 4) is 0 Å². The second kappa shape index (κ2) is 5.84. The fraction of sp³-hybridized carbons (Fsp3) is 0.267. The fourth-order valence-corrected chi connectivity index (χ4v) is 4.45. The first-order valence-corrected chi connectivity index (χ1v) is 8.91. The van der Waals surface area contributed by atoms with Gasteiger partial charge in [0.15, 0.2) is 5.13 Å². The maximum Gasteiger partial charge on any atom is 0.184 e. The Labute approximate surface area is 135 Å². The van der Waals surface area contributed by atoms with Crippen LogP contribution in [0.15, 0.2) is 34.8 Å². The number of hydrogen-bond acceptors (Lipinski definition) is 4. The fourth-order valence-electron chi connectivity index (χ4n) is 2.12. The number of rotatable bonds is 4. The molecule has 0 spiro atoms. The van der Waals surface area contributed by atoms with E-state index in [0.717, 1.165) is 21.5 Å². The zero-order valence-electron chi connectivity index (χ0n) is 11.3. The highest BCUT2D eigenvalue weighted by Gasteiger charge is 2.09. The van der Waals surface area contributed by atoms with E-state index in [4.69, 9.17) is 0 Å². The summed E-state index contributed by atoms with van der Waals surface area (Å²) in [7, 11) is 0. The van der Waals surface area contributed by atoms with E-state index in [1.54, 1.807) is 11.3 Å². The van der Waals surface area contributed by atoms with Crippen LogP contribution in [0.1, 0.15) is 16.7 Å². The van der Waals surface area contributed by atoms with E-state index in [1.807, 2.05) is 11.3 Å². The standard InChI is InChI=1S/C15H15BrN2S2/c1-9(7-12-5-3-10(2)19-12)17-15-18-13-8-11(16)4-6-14(13)20-15/h3-6,8-9H,7H2,1-2H3,(H,17,18). The molecule has 0 saturated carbocycles. The summed E-state index contributed by atoms with van der Waals surface area (Å²) in [6.07, 6.45) is 1.04. The van der Waals surface area contributed by atoms with E-state index in [9.17, 15) is 0 Å². The third-order valence-electron chi connectivity index (χ3n) is 3.02. The maximum absolute atomic E-state index is 4.64. The molecule has 1 unspecified atom stereocenters. The van der Waals surface area contributed by atoms with Crippen LogP contribution in [0.3, 0.4) is 0 Å². The molecule has 0 amide bonds. The van der Waals surface area contributed by atoms with Gasteiger partial charge >= 0.3 is 0 Å². The molecule has 2 heterocycles. The number of nitrogens with one attached hydrogen (secondary N) is 1. The monoisotopic (exact) mass is 366 g/mol. The number of thiazole rings is 1. The van der Waals surface area contributed by atoms with Crippen molar-refractivity contribution in [2.24, 2.45) is 0 Å². The molecule has 0 aliphatic heterocycles. The van der Waals surface area contributed by atoms with Crippen LogP contribution in [0.5, 0.6) is 0 Å². The third kappa shape index (κ3) is 3.22. The van der Waals surface area contributed by atoms with Gasteiger partial charge in [-0.2, -0.15) is 0 Å². The van der Waals surface area contributed by atoms with E-state index in [1.165, 1.54) is 14.5 Å². The van der Waals surface area contributed by atoms with Crippen molar-refractivity contribution in [1.29, 1.82) is 0 Å². The minimum absolute atomic E-state index is 0.386. The summed E-state index contributed by atoms with van der Waals surface area (Å²) in [5, 5.41) is 4.51. The second-order valence-corrected chi connectivity index (χ2v) is 8.21. The van der Waals surface area contributed by atoms with Gasteiger partial charge in [0.05, 0.1) is 10.2 Å². The largest absolute Gasteiger partial charge is 0.359 e. The van der Waals surface area contributed by atoms with Gasteiger partial charge in [-0.3, -0.25) is 0 Å². The molecule has 2 aromatic heterocycles. The van der Waals surface area contributed by atoms with Gasteiger partial charge < -0.3 is 5.32 Å². The predicted molar refractivity (Wildman–Crippen MR) is 93.2 cm³/mol. The van der Waals surface area contributed by atoms with Gasteiger partial charge in [0.25, 0.3) is 0 Å². The Morgan fingerprint density at radius 3 is 2.85 bits per heavy atom. The minimum Gasteiger partial charge on any atom is -0.359 e. The molecule has 1 atom stereocenters. The van der Waals surface area contributed by atoms with Crippen LogP contribution in [-0.2, 0) is 6.42 Å². The Morgan fingerprint density at radius 1 is 1.25 bits per heavy atom. The van der Waals surface area contributed by atoms with E-state index in [2.05, 4.69) is 70.4 Å². The van der Waals surface area contributed by atoms with Crippen molar-refractivity contribution in [2.75, 3.05) is 5.32 Å². The first-order chi connectivity index (χ1) is 9.60. The summed E-state index contributed by atoms with van der Waals surface area (Å²) in [4.78, 5) is 7.44. The van der Waals surface area contributed by atoms with Gasteiger partial charge in [-0.05, 0) is 44.2 Å². The van der Waals surface area contributed by atoms with Gasteiger partial charge in [0.2, 0.25) is 0 Å². The summed E-state index contributed by atoms with van der Waals surface area (Å²) in [6, 6.07) is 11.0. The zero-order chi connectivity index (χ0) is 14.1. The number of fused-ring (bicyclic) bond motifs is 1. The molecule has 1 aromatic carbocycles. The number of hydrogen-bond donors (Lipinski definition) is 1. The van der Waals surface area contributed by atoms with Crippen molar-refractivity contribution in [3.63, 3.8) is 0 Å². The molecule has 1 N–H and O–H groups in total. The van der Waals surface area contributed by atoms with Gasteiger partial charge in [0, 0.05) is 26.7 Å². The third-order valence-corrected chi connectivity index (χ3v) is 5.51. The Balaban J connectivity index is 1.72. The lowest BCUT2D eigenvalue weighted by Crippen LogP contribution is -2.17. The molecule has 0 bridgehead atoms. The molecule has 20 heavy (non-hydrogen) atoms. The van der Waals surface area contributed by atoms with Crippen LogP contribution < -0.4 is 5.32 Å². The number of halogens is 1. The van der Waals surface area contributed by atoms with Crippen molar-refractivity contribution >= 4 is 54.0 Å². The minimum atomic E-state index is 0.386. The predicted octanol–water partition coefficient (Wildman–Crippen LogP) is 5.47. The topological polar surface area (TPSA) is 24.9 Å². The first kappa shape index (κ1) is 14.0.